The predicted octanol–water partition coefficient (Wildman–Crippen LogP) is 5.78. The maximum atomic E-state index is 11.5. The summed E-state index contributed by atoms with van der Waals surface area (Å²) < 4.78 is 0. The van der Waals surface area contributed by atoms with Crippen LogP contribution in [0.2, 0.25) is 0 Å². The third-order valence-electron chi connectivity index (χ3n) is 7.45. The highest BCUT2D eigenvalue weighted by atomic mass is 16.1. The molecule has 7 heteroatoms. The lowest BCUT2D eigenvalue weighted by atomic mass is 10.0. The van der Waals surface area contributed by atoms with Gasteiger partial charge in [-0.05, 0) is 69.6 Å². The molecule has 3 rings (SSSR count). The standard InChI is InChI=1S/C30H44N6O/c1-6-9-10-30(36(33-22-37)20-23(4)15-16-31)29(8-3)35-18-17-34(21-27(35)7-2)24(5)28-14-13-26(19-32-28)25-11-12-25/h8,10,13-14,19-20,22,24-25,27H,6-7,9,11-12,15,17-18,21H2,1-5H3,(H,33,37)/b23-20+,29-8+,30-10+. The van der Waals surface area contributed by atoms with E-state index in [1.807, 2.05) is 13.1 Å². The molecule has 1 aliphatic heterocycles. The minimum absolute atomic E-state index is 0.262. The molecule has 1 N–H and O–H groups in total. The molecule has 0 bridgehead atoms. The number of hydrogen-bond acceptors (Lipinski definition) is 6. The van der Waals surface area contributed by atoms with Crippen LogP contribution in [0.15, 0.2) is 53.6 Å². The second kappa shape index (κ2) is 14.0. The average Bonchev–Trinajstić information content (AvgIpc) is 3.76. The van der Waals surface area contributed by atoms with Gasteiger partial charge < -0.3 is 4.90 Å². The molecule has 1 amide bonds. The number of hydrogen-bond donors (Lipinski definition) is 1. The van der Waals surface area contributed by atoms with Gasteiger partial charge in [-0.1, -0.05) is 38.5 Å². The molecule has 2 aliphatic rings. The first-order valence-corrected chi connectivity index (χ1v) is 13.8. The minimum atomic E-state index is 0.262. The van der Waals surface area contributed by atoms with Crippen molar-refractivity contribution in [3.05, 3.63) is 64.9 Å². The number of unbranched alkanes of at least 4 members (excludes halogenated alkanes) is 1. The Labute approximate surface area is 223 Å². The molecule has 0 aromatic carbocycles. The van der Waals surface area contributed by atoms with Crippen molar-refractivity contribution in [1.29, 1.82) is 5.26 Å². The number of amides is 1. The summed E-state index contributed by atoms with van der Waals surface area (Å²) in [4.78, 5) is 21.4. The van der Waals surface area contributed by atoms with E-state index < -0.39 is 0 Å². The smallest absolute Gasteiger partial charge is 0.226 e. The van der Waals surface area contributed by atoms with Gasteiger partial charge in [0.2, 0.25) is 6.41 Å². The summed E-state index contributed by atoms with van der Waals surface area (Å²) in [6.07, 6.45) is 14.8. The van der Waals surface area contributed by atoms with Crippen LogP contribution in [0.1, 0.15) is 96.4 Å². The molecule has 0 spiro atoms. The SMILES string of the molecule is C/C=C(\C(=C/CCC)N(/C=C(\C)CC#N)NC=O)N1CCN(C(C)c2ccc(C3CC3)cn2)CC1CC. The molecule has 1 aliphatic carbocycles. The molecule has 2 unspecified atom stereocenters. The van der Waals surface area contributed by atoms with Gasteiger partial charge in [-0.2, -0.15) is 5.26 Å². The summed E-state index contributed by atoms with van der Waals surface area (Å²) in [6.45, 7) is 13.4. The van der Waals surface area contributed by atoms with E-state index in [-0.39, 0.29) is 6.04 Å². The van der Waals surface area contributed by atoms with E-state index in [9.17, 15) is 4.79 Å². The van der Waals surface area contributed by atoms with Crippen molar-refractivity contribution >= 4 is 6.41 Å². The van der Waals surface area contributed by atoms with Crippen molar-refractivity contribution < 1.29 is 4.79 Å². The van der Waals surface area contributed by atoms with Gasteiger partial charge in [-0.15, -0.1) is 0 Å². The van der Waals surface area contributed by atoms with Gasteiger partial charge in [0.1, 0.15) is 0 Å². The Hall–Kier alpha value is -3.11. The highest BCUT2D eigenvalue weighted by molar-refractivity contribution is 5.47. The zero-order chi connectivity index (χ0) is 26.8. The summed E-state index contributed by atoms with van der Waals surface area (Å²) in [6, 6.07) is 7.27. The van der Waals surface area contributed by atoms with Crippen LogP contribution in [0.4, 0.5) is 0 Å². The Morgan fingerprint density at radius 2 is 2.11 bits per heavy atom. The third kappa shape index (κ3) is 7.45. The van der Waals surface area contributed by atoms with Crippen LogP contribution in [0.25, 0.3) is 0 Å². The quantitative estimate of drug-likeness (QED) is 0.208. The molecule has 1 aromatic rings. The number of nitriles is 1. The lowest BCUT2D eigenvalue weighted by Gasteiger charge is -2.46. The number of carbonyl (C=O) groups excluding carboxylic acids is 1. The largest absolute Gasteiger partial charge is 0.365 e. The normalized spacial score (nSPS) is 20.4. The summed E-state index contributed by atoms with van der Waals surface area (Å²) in [5.41, 5.74) is 8.31. The van der Waals surface area contributed by atoms with E-state index in [0.717, 1.165) is 67.5 Å². The Morgan fingerprint density at radius 1 is 1.32 bits per heavy atom. The minimum Gasteiger partial charge on any atom is -0.365 e. The third-order valence-corrected chi connectivity index (χ3v) is 7.45. The van der Waals surface area contributed by atoms with Crippen molar-refractivity contribution in [3.8, 4) is 6.07 Å². The van der Waals surface area contributed by atoms with E-state index in [4.69, 9.17) is 10.2 Å². The summed E-state index contributed by atoms with van der Waals surface area (Å²) in [5, 5.41) is 10.9. The van der Waals surface area contributed by atoms with Crippen molar-refractivity contribution in [2.75, 3.05) is 19.6 Å². The maximum Gasteiger partial charge on any atom is 0.226 e. The molecule has 1 saturated carbocycles. The number of aromatic nitrogens is 1. The topological polar surface area (TPSA) is 75.5 Å². The van der Waals surface area contributed by atoms with Gasteiger partial charge in [0.05, 0.1) is 29.6 Å². The molecule has 1 saturated heterocycles. The van der Waals surface area contributed by atoms with Gasteiger partial charge in [0.25, 0.3) is 0 Å². The number of nitrogens with zero attached hydrogens (tertiary/aromatic N) is 5. The number of pyridine rings is 1. The fourth-order valence-corrected chi connectivity index (χ4v) is 5.10. The van der Waals surface area contributed by atoms with Crippen molar-refractivity contribution in [3.63, 3.8) is 0 Å². The highest BCUT2D eigenvalue weighted by Gasteiger charge is 2.32. The van der Waals surface area contributed by atoms with Gasteiger partial charge in [0.15, 0.2) is 0 Å². The molecule has 2 heterocycles. The molecule has 2 fully saturated rings. The number of piperazine rings is 1. The van der Waals surface area contributed by atoms with Gasteiger partial charge >= 0.3 is 0 Å². The first kappa shape index (κ1) is 28.5. The lowest BCUT2D eigenvalue weighted by Crippen LogP contribution is -2.53. The Bertz CT molecular complexity index is 1020. The maximum absolute atomic E-state index is 11.5. The average molecular weight is 505 g/mol. The van der Waals surface area contributed by atoms with E-state index in [0.29, 0.717) is 18.9 Å². The number of rotatable bonds is 13. The van der Waals surface area contributed by atoms with Crippen LogP contribution >= 0.6 is 0 Å². The molecular weight excluding hydrogens is 460 g/mol. The molecule has 7 nitrogen and oxygen atoms in total. The first-order chi connectivity index (χ1) is 18.0. The van der Waals surface area contributed by atoms with Crippen LogP contribution in [-0.4, -0.2) is 51.9 Å². The van der Waals surface area contributed by atoms with Gasteiger partial charge in [-0.3, -0.25) is 25.1 Å². The molecule has 1 aromatic heterocycles. The Kier molecular flexibility index (Phi) is 10.8. The van der Waals surface area contributed by atoms with E-state index in [1.165, 1.54) is 18.4 Å². The monoisotopic (exact) mass is 504 g/mol. The van der Waals surface area contributed by atoms with E-state index in [1.54, 1.807) is 5.01 Å². The number of allylic oxidation sites excluding steroid dienone is 3. The first-order valence-electron chi connectivity index (χ1n) is 13.8. The second-order valence-electron chi connectivity index (χ2n) is 10.2. The number of hydrazine groups is 1. The van der Waals surface area contributed by atoms with Gasteiger partial charge in [0, 0.05) is 44.1 Å². The van der Waals surface area contributed by atoms with E-state index in [2.05, 4.69) is 79.5 Å². The molecule has 0 radical (unpaired) electrons. The molecule has 2 atom stereocenters. The zero-order valence-corrected chi connectivity index (χ0v) is 23.3. The van der Waals surface area contributed by atoms with Crippen LogP contribution in [-0.2, 0) is 4.79 Å². The summed E-state index contributed by atoms with van der Waals surface area (Å²) in [7, 11) is 0. The zero-order valence-electron chi connectivity index (χ0n) is 23.3. The number of nitrogens with one attached hydrogen (secondary N) is 1. The second-order valence-corrected chi connectivity index (χ2v) is 10.2. The fourth-order valence-electron chi connectivity index (χ4n) is 5.10. The number of carbonyl (C=O) groups is 1. The van der Waals surface area contributed by atoms with Crippen LogP contribution in [0, 0.1) is 11.3 Å². The molecular formula is C30H44N6O. The highest BCUT2D eigenvalue weighted by Crippen LogP contribution is 2.40. The molecule has 200 valence electrons. The van der Waals surface area contributed by atoms with Crippen molar-refractivity contribution in [2.24, 2.45) is 0 Å². The van der Waals surface area contributed by atoms with E-state index >= 15 is 0 Å². The fraction of sp³-hybridized carbons (Fsp3) is 0.567. The van der Waals surface area contributed by atoms with Crippen LogP contribution < -0.4 is 5.43 Å². The Morgan fingerprint density at radius 3 is 2.68 bits per heavy atom. The summed E-state index contributed by atoms with van der Waals surface area (Å²) >= 11 is 0. The van der Waals surface area contributed by atoms with Crippen molar-refractivity contribution in [1.82, 2.24) is 25.2 Å². The predicted molar refractivity (Wildman–Crippen MR) is 149 cm³/mol. The van der Waals surface area contributed by atoms with Crippen molar-refractivity contribution in [2.45, 2.75) is 91.1 Å². The molecule has 37 heavy (non-hydrogen) atoms. The Balaban J connectivity index is 1.81. The van der Waals surface area contributed by atoms with Crippen LogP contribution in [0.3, 0.4) is 0 Å². The van der Waals surface area contributed by atoms with Gasteiger partial charge in [-0.25, -0.2) is 0 Å². The summed E-state index contributed by atoms with van der Waals surface area (Å²) in [5.74, 6) is 0.728. The lowest BCUT2D eigenvalue weighted by molar-refractivity contribution is -0.112. The van der Waals surface area contributed by atoms with Crippen LogP contribution in [0.5, 0.6) is 0 Å².